The monoisotopic (exact) mass is 380 g/mol. The molecule has 2 aromatic carbocycles. The van der Waals surface area contributed by atoms with Crippen LogP contribution in [0.5, 0.6) is 5.75 Å². The maximum atomic E-state index is 12.9. The van der Waals surface area contributed by atoms with E-state index in [4.69, 9.17) is 4.74 Å². The minimum atomic E-state index is -0.687. The van der Waals surface area contributed by atoms with Gasteiger partial charge < -0.3 is 15.0 Å². The van der Waals surface area contributed by atoms with E-state index in [0.29, 0.717) is 17.3 Å². The Hall–Kier alpha value is -3.35. The number of carbonyl (C=O) groups is 2. The van der Waals surface area contributed by atoms with Crippen molar-refractivity contribution in [1.29, 1.82) is 0 Å². The smallest absolute Gasteiger partial charge is 0.251 e. The van der Waals surface area contributed by atoms with E-state index >= 15 is 0 Å². The van der Waals surface area contributed by atoms with Gasteiger partial charge in [0.05, 0.1) is 18.1 Å². The van der Waals surface area contributed by atoms with Gasteiger partial charge in [-0.15, -0.1) is 0 Å². The maximum absolute atomic E-state index is 12.9. The third-order valence-corrected chi connectivity index (χ3v) is 4.77. The van der Waals surface area contributed by atoms with Gasteiger partial charge in [0, 0.05) is 5.56 Å². The van der Waals surface area contributed by atoms with E-state index in [9.17, 15) is 9.59 Å². The van der Waals surface area contributed by atoms with E-state index in [2.05, 4.69) is 20.6 Å². The lowest BCUT2D eigenvalue weighted by molar-refractivity contribution is -0.119. The standard InChI is InChI=1S/C21H24N4O3/c1-4-13(2)18(24-19(26)14-9-11-15(28-3)12-10-14)20(27)25-21-22-16-7-5-6-8-17(16)23-21/h5-13,18H,4H2,1-3H3,(H,24,26)(H2,22,23,25,27)/t13-,18+/m0/s1. The predicted octanol–water partition coefficient (Wildman–Crippen LogP) is 3.35. The number of hydrogen-bond acceptors (Lipinski definition) is 4. The largest absolute Gasteiger partial charge is 0.497 e. The molecular formula is C21H24N4O3. The molecule has 7 heteroatoms. The average Bonchev–Trinajstić information content (AvgIpc) is 3.13. The summed E-state index contributed by atoms with van der Waals surface area (Å²) in [6, 6.07) is 13.6. The molecule has 0 spiro atoms. The number of methoxy groups -OCH3 is 1. The average molecular weight is 380 g/mol. The van der Waals surface area contributed by atoms with Crippen LogP contribution in [0.3, 0.4) is 0 Å². The summed E-state index contributed by atoms with van der Waals surface area (Å²) in [5.41, 5.74) is 2.06. The van der Waals surface area contributed by atoms with Crippen LogP contribution in [0.25, 0.3) is 11.0 Å². The Morgan fingerprint density at radius 2 is 1.86 bits per heavy atom. The molecule has 0 radical (unpaired) electrons. The molecule has 0 unspecified atom stereocenters. The fourth-order valence-corrected chi connectivity index (χ4v) is 2.88. The number of amides is 2. The first-order valence-electron chi connectivity index (χ1n) is 9.22. The highest BCUT2D eigenvalue weighted by molar-refractivity contribution is 6.01. The number of benzene rings is 2. The number of aromatic nitrogens is 2. The first kappa shape index (κ1) is 19.4. The predicted molar refractivity (Wildman–Crippen MR) is 108 cm³/mol. The van der Waals surface area contributed by atoms with Crippen LogP contribution in [-0.4, -0.2) is 34.9 Å². The Labute approximate surface area is 163 Å². The van der Waals surface area contributed by atoms with Crippen molar-refractivity contribution in [3.63, 3.8) is 0 Å². The number of ether oxygens (including phenoxy) is 1. The van der Waals surface area contributed by atoms with E-state index in [1.54, 1.807) is 31.4 Å². The normalized spacial score (nSPS) is 13.0. The quantitative estimate of drug-likeness (QED) is 0.586. The van der Waals surface area contributed by atoms with Gasteiger partial charge >= 0.3 is 0 Å². The summed E-state index contributed by atoms with van der Waals surface area (Å²) in [4.78, 5) is 32.9. The van der Waals surface area contributed by atoms with E-state index < -0.39 is 6.04 Å². The summed E-state index contributed by atoms with van der Waals surface area (Å²) in [6.45, 7) is 3.91. The van der Waals surface area contributed by atoms with Crippen LogP contribution in [0.4, 0.5) is 5.95 Å². The Morgan fingerprint density at radius 1 is 1.14 bits per heavy atom. The van der Waals surface area contributed by atoms with E-state index in [1.165, 1.54) is 0 Å². The molecule has 3 rings (SSSR count). The summed E-state index contributed by atoms with van der Waals surface area (Å²) in [6.07, 6.45) is 0.737. The molecule has 0 aliphatic rings. The van der Waals surface area contributed by atoms with Gasteiger partial charge in [-0.2, -0.15) is 0 Å². The molecule has 2 amide bonds. The molecule has 0 saturated heterocycles. The summed E-state index contributed by atoms with van der Waals surface area (Å²) >= 11 is 0. The second-order valence-corrected chi connectivity index (χ2v) is 6.66. The van der Waals surface area contributed by atoms with Gasteiger partial charge in [-0.25, -0.2) is 4.98 Å². The number of imidazole rings is 1. The lowest BCUT2D eigenvalue weighted by Gasteiger charge is -2.23. The molecule has 3 N–H and O–H groups in total. The van der Waals surface area contributed by atoms with Crippen LogP contribution in [0.15, 0.2) is 48.5 Å². The highest BCUT2D eigenvalue weighted by Gasteiger charge is 2.27. The van der Waals surface area contributed by atoms with Crippen molar-refractivity contribution in [3.8, 4) is 5.75 Å². The van der Waals surface area contributed by atoms with Crippen LogP contribution >= 0.6 is 0 Å². The van der Waals surface area contributed by atoms with E-state index in [1.807, 2.05) is 38.1 Å². The van der Waals surface area contributed by atoms with Gasteiger partial charge in [0.1, 0.15) is 11.8 Å². The molecule has 7 nitrogen and oxygen atoms in total. The van der Waals surface area contributed by atoms with Crippen LogP contribution in [-0.2, 0) is 4.79 Å². The maximum Gasteiger partial charge on any atom is 0.251 e. The summed E-state index contributed by atoms with van der Waals surface area (Å²) < 4.78 is 5.11. The molecule has 146 valence electrons. The van der Waals surface area contributed by atoms with Gasteiger partial charge in [0.2, 0.25) is 11.9 Å². The van der Waals surface area contributed by atoms with Gasteiger partial charge in [-0.1, -0.05) is 32.4 Å². The van der Waals surface area contributed by atoms with Gasteiger partial charge in [0.25, 0.3) is 5.91 Å². The molecule has 3 aromatic rings. The lowest BCUT2D eigenvalue weighted by Crippen LogP contribution is -2.47. The van der Waals surface area contributed by atoms with Gasteiger partial charge in [0.15, 0.2) is 0 Å². The van der Waals surface area contributed by atoms with E-state index in [-0.39, 0.29) is 17.7 Å². The fourth-order valence-electron chi connectivity index (χ4n) is 2.88. The van der Waals surface area contributed by atoms with Crippen molar-refractivity contribution < 1.29 is 14.3 Å². The highest BCUT2D eigenvalue weighted by atomic mass is 16.5. The first-order valence-corrected chi connectivity index (χ1v) is 9.22. The SMILES string of the molecule is CC[C@H](C)[C@@H](NC(=O)c1ccc(OC)cc1)C(=O)Nc1nc2ccccc2[nH]1. The topological polar surface area (TPSA) is 96.1 Å². The van der Waals surface area contributed by atoms with Crippen molar-refractivity contribution in [2.75, 3.05) is 12.4 Å². The Balaban J connectivity index is 1.74. The van der Waals surface area contributed by atoms with Crippen molar-refractivity contribution in [2.45, 2.75) is 26.3 Å². The fraction of sp³-hybridized carbons (Fsp3) is 0.286. The van der Waals surface area contributed by atoms with Crippen LogP contribution in [0, 0.1) is 5.92 Å². The molecule has 0 fully saturated rings. The molecule has 0 saturated carbocycles. The number of nitrogens with one attached hydrogen (secondary N) is 3. The van der Waals surface area contributed by atoms with Gasteiger partial charge in [-0.05, 0) is 42.3 Å². The minimum absolute atomic E-state index is 0.0495. The molecule has 0 bridgehead atoms. The number of anilines is 1. The van der Waals surface area contributed by atoms with Crippen molar-refractivity contribution >= 4 is 28.8 Å². The van der Waals surface area contributed by atoms with Crippen molar-refractivity contribution in [3.05, 3.63) is 54.1 Å². The molecular weight excluding hydrogens is 356 g/mol. The summed E-state index contributed by atoms with van der Waals surface area (Å²) in [7, 11) is 1.57. The third kappa shape index (κ3) is 4.31. The number of rotatable bonds is 7. The van der Waals surface area contributed by atoms with Crippen LogP contribution in [0.1, 0.15) is 30.6 Å². The molecule has 1 aromatic heterocycles. The number of H-pyrrole nitrogens is 1. The Bertz CT molecular complexity index is 932. The Morgan fingerprint density at radius 3 is 2.50 bits per heavy atom. The number of hydrogen-bond donors (Lipinski definition) is 3. The second kappa shape index (κ2) is 8.56. The zero-order valence-electron chi connectivity index (χ0n) is 16.2. The molecule has 0 aliphatic carbocycles. The lowest BCUT2D eigenvalue weighted by atomic mass is 9.98. The number of carbonyl (C=O) groups excluding carboxylic acids is 2. The first-order chi connectivity index (χ1) is 13.5. The number of aromatic amines is 1. The van der Waals surface area contributed by atoms with Crippen molar-refractivity contribution in [2.24, 2.45) is 5.92 Å². The molecule has 28 heavy (non-hydrogen) atoms. The number of para-hydroxylation sites is 2. The van der Waals surface area contributed by atoms with E-state index in [0.717, 1.165) is 17.5 Å². The zero-order chi connectivity index (χ0) is 20.1. The zero-order valence-corrected chi connectivity index (χ0v) is 16.2. The molecule has 1 heterocycles. The molecule has 0 aliphatic heterocycles. The number of fused-ring (bicyclic) bond motifs is 1. The van der Waals surface area contributed by atoms with Crippen molar-refractivity contribution in [1.82, 2.24) is 15.3 Å². The third-order valence-electron chi connectivity index (χ3n) is 4.77. The van der Waals surface area contributed by atoms with Crippen LogP contribution in [0.2, 0.25) is 0 Å². The van der Waals surface area contributed by atoms with Gasteiger partial charge in [-0.3, -0.25) is 14.9 Å². The minimum Gasteiger partial charge on any atom is -0.497 e. The highest BCUT2D eigenvalue weighted by Crippen LogP contribution is 2.16. The molecule has 2 atom stereocenters. The number of nitrogens with zero attached hydrogens (tertiary/aromatic N) is 1. The Kier molecular flexibility index (Phi) is 5.93. The van der Waals surface area contributed by atoms with Crippen LogP contribution < -0.4 is 15.4 Å². The summed E-state index contributed by atoms with van der Waals surface area (Å²) in [5.74, 6) is 0.352. The summed E-state index contributed by atoms with van der Waals surface area (Å²) in [5, 5.41) is 5.62. The second-order valence-electron chi connectivity index (χ2n) is 6.66.